The van der Waals surface area contributed by atoms with Crippen LogP contribution < -0.4 is 11.2 Å². The van der Waals surface area contributed by atoms with E-state index in [4.69, 9.17) is 4.98 Å². The van der Waals surface area contributed by atoms with Gasteiger partial charge in [0.2, 0.25) is 5.78 Å². The van der Waals surface area contributed by atoms with Crippen molar-refractivity contribution in [2.75, 3.05) is 0 Å². The Kier molecular flexibility index (Phi) is 4.06. The van der Waals surface area contributed by atoms with E-state index in [1.807, 2.05) is 48.1 Å². The first-order valence-electron chi connectivity index (χ1n) is 9.49. The first-order valence-corrected chi connectivity index (χ1v) is 9.49. The van der Waals surface area contributed by atoms with E-state index in [-0.39, 0.29) is 17.2 Å². The Balaban J connectivity index is 2.14. The summed E-state index contributed by atoms with van der Waals surface area (Å²) in [4.78, 5) is 30.6. The fourth-order valence-corrected chi connectivity index (χ4v) is 3.81. The molecule has 0 amide bonds. The van der Waals surface area contributed by atoms with Gasteiger partial charge in [0.25, 0.3) is 5.56 Å². The molecule has 0 bridgehead atoms. The molecule has 7 heteroatoms. The first kappa shape index (κ1) is 18.3. The van der Waals surface area contributed by atoms with Crippen LogP contribution >= 0.6 is 0 Å². The summed E-state index contributed by atoms with van der Waals surface area (Å²) < 4.78 is 6.63. The van der Waals surface area contributed by atoms with Gasteiger partial charge in [0.15, 0.2) is 11.2 Å². The zero-order chi connectivity index (χ0) is 20.3. The standard InChI is InChI=1S/C21H25N5O2/c1-12(2)10-25-19(27)17-18(23(6)21(25)28)22-20-24(17)11-14(4)26(20)16-9-7-8-13(3)15(16)5/h7-9,11-12H,10H2,1-6H3. The maximum absolute atomic E-state index is 13.2. The van der Waals surface area contributed by atoms with Gasteiger partial charge < -0.3 is 0 Å². The molecule has 0 aliphatic rings. The van der Waals surface area contributed by atoms with Crippen LogP contribution in [0.5, 0.6) is 0 Å². The average molecular weight is 379 g/mol. The number of aromatic nitrogens is 5. The monoisotopic (exact) mass is 379 g/mol. The zero-order valence-corrected chi connectivity index (χ0v) is 17.1. The molecule has 0 unspecified atom stereocenters. The van der Waals surface area contributed by atoms with Gasteiger partial charge in [-0.1, -0.05) is 26.0 Å². The molecule has 0 saturated carbocycles. The second-order valence-electron chi connectivity index (χ2n) is 7.93. The minimum atomic E-state index is -0.332. The lowest BCUT2D eigenvalue weighted by Crippen LogP contribution is -2.40. The van der Waals surface area contributed by atoms with E-state index in [1.165, 1.54) is 14.7 Å². The van der Waals surface area contributed by atoms with Gasteiger partial charge in [0.1, 0.15) is 0 Å². The third-order valence-corrected chi connectivity index (χ3v) is 5.39. The first-order chi connectivity index (χ1) is 13.2. The van der Waals surface area contributed by atoms with Crippen molar-refractivity contribution in [3.05, 3.63) is 62.1 Å². The van der Waals surface area contributed by atoms with Crippen molar-refractivity contribution in [3.8, 4) is 5.69 Å². The van der Waals surface area contributed by atoms with Crippen LogP contribution in [0, 0.1) is 26.7 Å². The Bertz CT molecular complexity index is 1350. The van der Waals surface area contributed by atoms with E-state index in [0.717, 1.165) is 16.9 Å². The third kappa shape index (κ3) is 2.46. The molecule has 0 N–H and O–H groups in total. The highest BCUT2D eigenvalue weighted by Crippen LogP contribution is 2.24. The molecule has 0 aliphatic carbocycles. The van der Waals surface area contributed by atoms with Gasteiger partial charge >= 0.3 is 5.69 Å². The van der Waals surface area contributed by atoms with Crippen LogP contribution in [-0.4, -0.2) is 23.1 Å². The highest BCUT2D eigenvalue weighted by Gasteiger charge is 2.21. The molecule has 1 aromatic carbocycles. The van der Waals surface area contributed by atoms with Crippen molar-refractivity contribution in [1.29, 1.82) is 0 Å². The van der Waals surface area contributed by atoms with Gasteiger partial charge in [-0.25, -0.2) is 4.79 Å². The fraction of sp³-hybridized carbons (Fsp3) is 0.381. The van der Waals surface area contributed by atoms with E-state index in [0.29, 0.717) is 23.5 Å². The van der Waals surface area contributed by atoms with Crippen molar-refractivity contribution >= 4 is 16.9 Å². The predicted octanol–water partition coefficient (Wildman–Crippen LogP) is 2.72. The molecule has 4 rings (SSSR count). The number of rotatable bonds is 3. The van der Waals surface area contributed by atoms with Crippen LogP contribution in [0.25, 0.3) is 22.6 Å². The molecule has 28 heavy (non-hydrogen) atoms. The summed E-state index contributed by atoms with van der Waals surface area (Å²) in [5, 5.41) is 0. The maximum Gasteiger partial charge on any atom is 0.332 e. The van der Waals surface area contributed by atoms with Gasteiger partial charge in [0, 0.05) is 25.5 Å². The summed E-state index contributed by atoms with van der Waals surface area (Å²) >= 11 is 0. The van der Waals surface area contributed by atoms with E-state index in [2.05, 4.69) is 19.9 Å². The van der Waals surface area contributed by atoms with Gasteiger partial charge in [-0.15, -0.1) is 0 Å². The number of hydrogen-bond acceptors (Lipinski definition) is 3. The highest BCUT2D eigenvalue weighted by molar-refractivity contribution is 5.76. The number of aryl methyl sites for hydroxylation is 3. The van der Waals surface area contributed by atoms with Crippen molar-refractivity contribution in [1.82, 2.24) is 23.1 Å². The quantitative estimate of drug-likeness (QED) is 0.550. The summed E-state index contributed by atoms with van der Waals surface area (Å²) in [6.45, 7) is 10.5. The number of hydrogen-bond donors (Lipinski definition) is 0. The molecule has 3 aromatic heterocycles. The van der Waals surface area contributed by atoms with Crippen molar-refractivity contribution in [2.24, 2.45) is 13.0 Å². The van der Waals surface area contributed by atoms with E-state index >= 15 is 0 Å². The third-order valence-electron chi connectivity index (χ3n) is 5.39. The minimum absolute atomic E-state index is 0.188. The van der Waals surface area contributed by atoms with E-state index < -0.39 is 0 Å². The van der Waals surface area contributed by atoms with Crippen molar-refractivity contribution in [2.45, 2.75) is 41.2 Å². The van der Waals surface area contributed by atoms with Crippen LogP contribution in [0.2, 0.25) is 0 Å². The number of nitrogens with zero attached hydrogens (tertiary/aromatic N) is 5. The minimum Gasteiger partial charge on any atom is -0.283 e. The summed E-state index contributed by atoms with van der Waals surface area (Å²) in [5.74, 6) is 0.822. The summed E-state index contributed by atoms with van der Waals surface area (Å²) in [6.07, 6.45) is 1.91. The second kappa shape index (κ2) is 6.22. The summed E-state index contributed by atoms with van der Waals surface area (Å²) in [6, 6.07) is 6.14. The molecule has 146 valence electrons. The lowest BCUT2D eigenvalue weighted by molar-refractivity contribution is 0.484. The predicted molar refractivity (Wildman–Crippen MR) is 111 cm³/mol. The molecular weight excluding hydrogens is 354 g/mol. The number of fused-ring (bicyclic) bond motifs is 3. The Morgan fingerprint density at radius 1 is 1.11 bits per heavy atom. The summed E-state index contributed by atoms with van der Waals surface area (Å²) in [5.41, 5.74) is 4.55. The van der Waals surface area contributed by atoms with Crippen molar-refractivity contribution in [3.63, 3.8) is 0 Å². The number of imidazole rings is 2. The van der Waals surface area contributed by atoms with Crippen LogP contribution in [0.4, 0.5) is 0 Å². The Morgan fingerprint density at radius 2 is 1.82 bits per heavy atom. The van der Waals surface area contributed by atoms with Crippen LogP contribution in [-0.2, 0) is 13.6 Å². The Morgan fingerprint density at radius 3 is 2.50 bits per heavy atom. The maximum atomic E-state index is 13.2. The van der Waals surface area contributed by atoms with Crippen LogP contribution in [0.1, 0.15) is 30.7 Å². The van der Waals surface area contributed by atoms with Gasteiger partial charge in [-0.2, -0.15) is 4.98 Å². The second-order valence-corrected chi connectivity index (χ2v) is 7.93. The molecule has 3 heterocycles. The molecule has 0 spiro atoms. The Labute approximate surface area is 162 Å². The average Bonchev–Trinajstić information content (AvgIpc) is 3.14. The molecule has 0 atom stereocenters. The topological polar surface area (TPSA) is 66.2 Å². The lowest BCUT2D eigenvalue weighted by Gasteiger charge is -2.11. The van der Waals surface area contributed by atoms with Crippen molar-refractivity contribution < 1.29 is 0 Å². The van der Waals surface area contributed by atoms with E-state index in [1.54, 1.807) is 7.05 Å². The highest BCUT2D eigenvalue weighted by atomic mass is 16.2. The van der Waals surface area contributed by atoms with Gasteiger partial charge in [-0.05, 0) is 43.9 Å². The van der Waals surface area contributed by atoms with Crippen LogP contribution in [0.3, 0.4) is 0 Å². The van der Waals surface area contributed by atoms with Gasteiger partial charge in [0.05, 0.1) is 5.69 Å². The molecule has 0 fully saturated rings. The molecular formula is C21H25N5O2. The molecule has 0 radical (unpaired) electrons. The number of benzene rings is 1. The lowest BCUT2D eigenvalue weighted by atomic mass is 10.1. The molecule has 0 saturated heterocycles. The normalized spacial score (nSPS) is 12.0. The molecule has 7 nitrogen and oxygen atoms in total. The summed E-state index contributed by atoms with van der Waals surface area (Å²) in [7, 11) is 1.67. The SMILES string of the molecule is Cc1cccc(-n2c(C)cn3c4c(=O)n(CC(C)C)c(=O)n(C)c4nc23)c1C. The largest absolute Gasteiger partial charge is 0.332 e. The smallest absolute Gasteiger partial charge is 0.283 e. The fourth-order valence-electron chi connectivity index (χ4n) is 3.81. The molecule has 0 aliphatic heterocycles. The van der Waals surface area contributed by atoms with Crippen LogP contribution in [0.15, 0.2) is 34.0 Å². The van der Waals surface area contributed by atoms with E-state index in [9.17, 15) is 9.59 Å². The zero-order valence-electron chi connectivity index (χ0n) is 17.1. The van der Waals surface area contributed by atoms with Gasteiger partial charge in [-0.3, -0.25) is 22.9 Å². The molecule has 4 aromatic rings. The Hall–Kier alpha value is -3.09.